The van der Waals surface area contributed by atoms with E-state index in [-0.39, 0.29) is 36.6 Å². The summed E-state index contributed by atoms with van der Waals surface area (Å²) in [4.78, 5) is 25.7. The highest BCUT2D eigenvalue weighted by atomic mass is 19.1. The molecule has 5 nitrogen and oxygen atoms in total. The van der Waals surface area contributed by atoms with Crippen molar-refractivity contribution in [1.82, 2.24) is 4.90 Å². The number of aryl methyl sites for hydroxylation is 1. The Morgan fingerprint density at radius 1 is 0.971 bits per heavy atom. The Balaban J connectivity index is 1.55. The zero-order valence-electron chi connectivity index (χ0n) is 19.0. The molecule has 0 spiro atoms. The summed E-state index contributed by atoms with van der Waals surface area (Å²) in [6.45, 7) is 2.66. The number of ether oxygens (including phenoxy) is 1. The van der Waals surface area contributed by atoms with E-state index in [2.05, 4.69) is 0 Å². The molecule has 0 saturated carbocycles. The zero-order chi connectivity index (χ0) is 24.5. The Hall–Kier alpha value is -3.74. The summed E-state index contributed by atoms with van der Waals surface area (Å²) in [7, 11) is 0. The smallest absolute Gasteiger partial charge is 0.336 e. The SMILES string of the molecule is CCCN(Cc1ccc(F)cc1F)C(=O)CCc1ccc(OCc2ccccc2C(=O)O)cc1. The molecule has 3 rings (SSSR count). The predicted octanol–water partition coefficient (Wildman–Crippen LogP) is 5.61. The largest absolute Gasteiger partial charge is 0.489 e. The first kappa shape index (κ1) is 24.9. The Labute approximate surface area is 197 Å². The van der Waals surface area contributed by atoms with Gasteiger partial charge < -0.3 is 14.7 Å². The number of carboxylic acid groups (broad SMARTS) is 1. The molecule has 0 saturated heterocycles. The number of carboxylic acids is 1. The number of halogens is 2. The van der Waals surface area contributed by atoms with Crippen molar-refractivity contribution in [3.05, 3.63) is 101 Å². The second-order valence-electron chi connectivity index (χ2n) is 7.95. The van der Waals surface area contributed by atoms with Gasteiger partial charge in [0.05, 0.1) is 5.56 Å². The molecule has 1 amide bonds. The van der Waals surface area contributed by atoms with Crippen LogP contribution < -0.4 is 4.74 Å². The fourth-order valence-corrected chi connectivity index (χ4v) is 3.60. The van der Waals surface area contributed by atoms with Crippen LogP contribution >= 0.6 is 0 Å². The molecule has 0 bridgehead atoms. The van der Waals surface area contributed by atoms with Crippen LogP contribution in [0.2, 0.25) is 0 Å². The minimum atomic E-state index is -1.00. The van der Waals surface area contributed by atoms with E-state index in [9.17, 15) is 23.5 Å². The van der Waals surface area contributed by atoms with Gasteiger partial charge in [0, 0.05) is 36.7 Å². The summed E-state index contributed by atoms with van der Waals surface area (Å²) in [5, 5.41) is 9.26. The lowest BCUT2D eigenvalue weighted by Gasteiger charge is -2.22. The van der Waals surface area contributed by atoms with Crippen molar-refractivity contribution in [2.24, 2.45) is 0 Å². The van der Waals surface area contributed by atoms with Crippen molar-refractivity contribution >= 4 is 11.9 Å². The van der Waals surface area contributed by atoms with Gasteiger partial charge in [-0.3, -0.25) is 4.79 Å². The molecule has 0 aliphatic carbocycles. The van der Waals surface area contributed by atoms with Gasteiger partial charge >= 0.3 is 5.97 Å². The summed E-state index contributed by atoms with van der Waals surface area (Å²) in [5.74, 6) is -1.81. The average molecular weight is 468 g/mol. The molecule has 7 heteroatoms. The third-order valence-electron chi connectivity index (χ3n) is 5.42. The highest BCUT2D eigenvalue weighted by Crippen LogP contribution is 2.18. The summed E-state index contributed by atoms with van der Waals surface area (Å²) in [6, 6.07) is 17.3. The molecule has 0 unspecified atom stereocenters. The van der Waals surface area contributed by atoms with Crippen LogP contribution in [0.1, 0.15) is 46.8 Å². The van der Waals surface area contributed by atoms with E-state index in [1.54, 1.807) is 35.2 Å². The van der Waals surface area contributed by atoms with Crippen molar-refractivity contribution in [2.75, 3.05) is 6.54 Å². The van der Waals surface area contributed by atoms with Gasteiger partial charge in [-0.25, -0.2) is 13.6 Å². The number of carbonyl (C=O) groups is 2. The molecule has 3 aromatic rings. The number of amides is 1. The van der Waals surface area contributed by atoms with Crippen LogP contribution in [0.25, 0.3) is 0 Å². The number of hydrogen-bond donors (Lipinski definition) is 1. The molecule has 34 heavy (non-hydrogen) atoms. The number of hydrogen-bond acceptors (Lipinski definition) is 3. The molecule has 1 N–H and O–H groups in total. The third-order valence-corrected chi connectivity index (χ3v) is 5.42. The summed E-state index contributed by atoms with van der Waals surface area (Å²) < 4.78 is 32.9. The van der Waals surface area contributed by atoms with E-state index in [4.69, 9.17) is 4.74 Å². The fraction of sp³-hybridized carbons (Fsp3) is 0.259. The lowest BCUT2D eigenvalue weighted by molar-refractivity contribution is -0.131. The maximum absolute atomic E-state index is 14.0. The van der Waals surface area contributed by atoms with Crippen LogP contribution in [0.5, 0.6) is 5.75 Å². The molecule has 178 valence electrons. The monoisotopic (exact) mass is 467 g/mol. The fourth-order valence-electron chi connectivity index (χ4n) is 3.60. The van der Waals surface area contributed by atoms with E-state index in [0.29, 0.717) is 24.3 Å². The number of carbonyl (C=O) groups excluding carboxylic acids is 1. The van der Waals surface area contributed by atoms with Crippen LogP contribution in [-0.4, -0.2) is 28.4 Å². The van der Waals surface area contributed by atoms with E-state index < -0.39 is 17.6 Å². The maximum Gasteiger partial charge on any atom is 0.336 e. The van der Waals surface area contributed by atoms with Crippen molar-refractivity contribution in [3.8, 4) is 5.75 Å². The first-order valence-corrected chi connectivity index (χ1v) is 11.1. The Kier molecular flexibility index (Phi) is 8.73. The van der Waals surface area contributed by atoms with Gasteiger partial charge in [-0.1, -0.05) is 43.3 Å². The van der Waals surface area contributed by atoms with E-state index in [1.807, 2.05) is 19.1 Å². The van der Waals surface area contributed by atoms with Crippen LogP contribution in [0.4, 0.5) is 8.78 Å². The topological polar surface area (TPSA) is 66.8 Å². The Morgan fingerprint density at radius 2 is 1.71 bits per heavy atom. The second-order valence-corrected chi connectivity index (χ2v) is 7.95. The number of nitrogens with zero attached hydrogens (tertiary/aromatic N) is 1. The number of aromatic carboxylic acids is 1. The molecular weight excluding hydrogens is 440 g/mol. The van der Waals surface area contributed by atoms with Gasteiger partial charge in [0.2, 0.25) is 5.91 Å². The van der Waals surface area contributed by atoms with Gasteiger partial charge in [-0.2, -0.15) is 0 Å². The van der Waals surface area contributed by atoms with Crippen LogP contribution in [0.15, 0.2) is 66.7 Å². The lowest BCUT2D eigenvalue weighted by Crippen LogP contribution is -2.31. The second kappa shape index (κ2) is 11.9. The quantitative estimate of drug-likeness (QED) is 0.398. The van der Waals surface area contributed by atoms with Crippen molar-refractivity contribution < 1.29 is 28.2 Å². The summed E-state index contributed by atoms with van der Waals surface area (Å²) in [5.41, 5.74) is 2.01. The standard InChI is InChI=1S/C27H27F2NO4/c1-2-15-30(17-20-10-11-22(28)16-25(20)29)26(31)14-9-19-7-12-23(13-8-19)34-18-21-5-3-4-6-24(21)27(32)33/h3-8,10-13,16H,2,9,14-15,17-18H2,1H3,(H,32,33). The van der Waals surface area contributed by atoms with Gasteiger partial charge in [0.15, 0.2) is 0 Å². The van der Waals surface area contributed by atoms with Crippen molar-refractivity contribution in [3.63, 3.8) is 0 Å². The Bertz CT molecular complexity index is 1130. The van der Waals surface area contributed by atoms with Crippen LogP contribution in [-0.2, 0) is 24.4 Å². The zero-order valence-corrected chi connectivity index (χ0v) is 19.0. The number of benzene rings is 3. The van der Waals surface area contributed by atoms with Crippen molar-refractivity contribution in [2.45, 2.75) is 39.3 Å². The van der Waals surface area contributed by atoms with E-state index in [1.165, 1.54) is 18.2 Å². The maximum atomic E-state index is 14.0. The van der Waals surface area contributed by atoms with Gasteiger partial charge in [-0.05, 0) is 42.7 Å². The number of rotatable bonds is 11. The molecule has 0 radical (unpaired) electrons. The lowest BCUT2D eigenvalue weighted by atomic mass is 10.1. The van der Waals surface area contributed by atoms with Gasteiger partial charge in [0.25, 0.3) is 0 Å². The normalized spacial score (nSPS) is 10.7. The third kappa shape index (κ3) is 6.88. The van der Waals surface area contributed by atoms with Gasteiger partial charge in [-0.15, -0.1) is 0 Å². The molecule has 0 aromatic heterocycles. The van der Waals surface area contributed by atoms with Crippen LogP contribution in [0.3, 0.4) is 0 Å². The first-order chi connectivity index (χ1) is 16.4. The van der Waals surface area contributed by atoms with E-state index in [0.717, 1.165) is 18.1 Å². The molecule has 0 aliphatic rings. The van der Waals surface area contributed by atoms with Gasteiger partial charge in [0.1, 0.15) is 24.0 Å². The van der Waals surface area contributed by atoms with E-state index >= 15 is 0 Å². The summed E-state index contributed by atoms with van der Waals surface area (Å²) >= 11 is 0. The molecular formula is C27H27F2NO4. The molecule has 0 fully saturated rings. The Morgan fingerprint density at radius 3 is 2.38 bits per heavy atom. The predicted molar refractivity (Wildman–Crippen MR) is 125 cm³/mol. The highest BCUT2D eigenvalue weighted by Gasteiger charge is 2.16. The molecule has 0 aliphatic heterocycles. The molecule has 3 aromatic carbocycles. The molecule has 0 atom stereocenters. The first-order valence-electron chi connectivity index (χ1n) is 11.1. The summed E-state index contributed by atoms with van der Waals surface area (Å²) in [6.07, 6.45) is 1.49. The average Bonchev–Trinajstić information content (AvgIpc) is 2.83. The minimum Gasteiger partial charge on any atom is -0.489 e. The highest BCUT2D eigenvalue weighted by molar-refractivity contribution is 5.89. The molecule has 0 heterocycles. The van der Waals surface area contributed by atoms with Crippen LogP contribution in [0, 0.1) is 11.6 Å². The van der Waals surface area contributed by atoms with Crippen molar-refractivity contribution in [1.29, 1.82) is 0 Å². The minimum absolute atomic E-state index is 0.101.